The zero-order chi connectivity index (χ0) is 12.3. The fourth-order valence-electron chi connectivity index (χ4n) is 1.50. The van der Waals surface area contributed by atoms with Crippen LogP contribution in [0, 0.1) is 0 Å². The molecule has 17 heavy (non-hydrogen) atoms. The van der Waals surface area contributed by atoms with Crippen molar-refractivity contribution in [2.75, 3.05) is 13.2 Å². The van der Waals surface area contributed by atoms with E-state index >= 15 is 0 Å². The second kappa shape index (κ2) is 4.82. The number of aromatic amines is 1. The van der Waals surface area contributed by atoms with Gasteiger partial charge in [0.2, 0.25) is 0 Å². The van der Waals surface area contributed by atoms with Crippen LogP contribution in [0.15, 0.2) is 16.9 Å². The molecule has 2 aromatic rings. The van der Waals surface area contributed by atoms with E-state index in [2.05, 4.69) is 15.2 Å². The topological polar surface area (TPSA) is 77.1 Å². The lowest BCUT2D eigenvalue weighted by molar-refractivity contribution is 0.288. The highest BCUT2D eigenvalue weighted by Gasteiger charge is 2.09. The van der Waals surface area contributed by atoms with Crippen molar-refractivity contribution in [2.45, 2.75) is 13.8 Å². The number of H-pyrrole nitrogens is 1. The van der Waals surface area contributed by atoms with Crippen molar-refractivity contribution in [3.8, 4) is 11.5 Å². The fraction of sp³-hybridized carbons (Fsp3) is 0.364. The van der Waals surface area contributed by atoms with Gasteiger partial charge in [-0.05, 0) is 13.8 Å². The third-order valence-electron chi connectivity index (χ3n) is 2.13. The van der Waals surface area contributed by atoms with Crippen molar-refractivity contribution < 1.29 is 9.47 Å². The third-order valence-corrected chi connectivity index (χ3v) is 2.13. The lowest BCUT2D eigenvalue weighted by Gasteiger charge is -2.10. The number of hydrogen-bond donors (Lipinski definition) is 1. The number of ether oxygens (including phenoxy) is 2. The van der Waals surface area contributed by atoms with E-state index in [-0.39, 0.29) is 0 Å². The Morgan fingerprint density at radius 1 is 1.12 bits per heavy atom. The molecule has 0 atom stereocenters. The maximum absolute atomic E-state index is 11.1. The van der Waals surface area contributed by atoms with Crippen LogP contribution in [0.3, 0.4) is 0 Å². The van der Waals surface area contributed by atoms with Gasteiger partial charge in [0.15, 0.2) is 11.5 Å². The second-order valence-electron chi connectivity index (χ2n) is 3.29. The van der Waals surface area contributed by atoms with Gasteiger partial charge in [0.1, 0.15) is 11.0 Å². The molecule has 0 saturated heterocycles. The van der Waals surface area contributed by atoms with Crippen molar-refractivity contribution in [2.24, 2.45) is 0 Å². The van der Waals surface area contributed by atoms with Gasteiger partial charge in [0.25, 0.3) is 0 Å². The van der Waals surface area contributed by atoms with E-state index in [1.54, 1.807) is 12.1 Å². The summed E-state index contributed by atoms with van der Waals surface area (Å²) in [5.74, 6) is 1.17. The lowest BCUT2D eigenvalue weighted by atomic mass is 10.2. The van der Waals surface area contributed by atoms with Gasteiger partial charge in [-0.15, -0.1) is 0 Å². The molecule has 6 heteroatoms. The van der Waals surface area contributed by atoms with Crippen molar-refractivity contribution in [1.82, 2.24) is 15.2 Å². The summed E-state index contributed by atoms with van der Waals surface area (Å²) in [6, 6.07) is 3.36. The Kier molecular flexibility index (Phi) is 3.22. The van der Waals surface area contributed by atoms with Crippen LogP contribution in [-0.4, -0.2) is 28.4 Å². The molecule has 6 nitrogen and oxygen atoms in total. The fourth-order valence-corrected chi connectivity index (χ4v) is 1.50. The smallest absolute Gasteiger partial charge is 0.361 e. The molecule has 0 aliphatic heterocycles. The van der Waals surface area contributed by atoms with E-state index < -0.39 is 5.69 Å². The van der Waals surface area contributed by atoms with Crippen molar-refractivity contribution in [1.29, 1.82) is 0 Å². The predicted octanol–water partition coefficient (Wildman–Crippen LogP) is 1.12. The molecular formula is C11H13N3O3. The van der Waals surface area contributed by atoms with E-state index in [1.165, 1.54) is 0 Å². The largest absolute Gasteiger partial charge is 0.490 e. The Bertz CT molecular complexity index is 580. The summed E-state index contributed by atoms with van der Waals surface area (Å²) < 4.78 is 10.9. The molecule has 0 unspecified atom stereocenters. The Morgan fingerprint density at radius 3 is 2.29 bits per heavy atom. The van der Waals surface area contributed by atoms with Crippen LogP contribution < -0.4 is 15.2 Å². The van der Waals surface area contributed by atoms with Gasteiger partial charge in [0, 0.05) is 12.1 Å². The maximum Gasteiger partial charge on any atom is 0.361 e. The van der Waals surface area contributed by atoms with Crippen LogP contribution in [0.25, 0.3) is 11.0 Å². The third kappa shape index (κ3) is 2.35. The Hall–Kier alpha value is -2.11. The van der Waals surface area contributed by atoms with Crippen LogP contribution in [0.2, 0.25) is 0 Å². The summed E-state index contributed by atoms with van der Waals surface area (Å²) in [4.78, 5) is 14.9. The van der Waals surface area contributed by atoms with Gasteiger partial charge in [0.05, 0.1) is 13.2 Å². The van der Waals surface area contributed by atoms with Crippen LogP contribution in [-0.2, 0) is 0 Å². The van der Waals surface area contributed by atoms with Crippen LogP contribution in [0.5, 0.6) is 11.5 Å². The average molecular weight is 235 g/mol. The molecule has 0 spiro atoms. The monoisotopic (exact) mass is 235 g/mol. The van der Waals surface area contributed by atoms with Gasteiger partial charge in [-0.3, -0.25) is 0 Å². The molecule has 0 saturated carbocycles. The van der Waals surface area contributed by atoms with Gasteiger partial charge in [-0.1, -0.05) is 0 Å². The average Bonchev–Trinajstić information content (AvgIpc) is 2.31. The van der Waals surface area contributed by atoms with Crippen molar-refractivity contribution in [3.63, 3.8) is 0 Å². The van der Waals surface area contributed by atoms with E-state index in [9.17, 15) is 4.79 Å². The number of rotatable bonds is 4. The van der Waals surface area contributed by atoms with Crippen LogP contribution in [0.1, 0.15) is 13.8 Å². The first-order chi connectivity index (χ1) is 8.24. The zero-order valence-electron chi connectivity index (χ0n) is 9.69. The van der Waals surface area contributed by atoms with Gasteiger partial charge < -0.3 is 9.47 Å². The zero-order valence-corrected chi connectivity index (χ0v) is 9.69. The number of fused-ring (bicyclic) bond motifs is 1. The molecule has 0 aliphatic carbocycles. The number of benzene rings is 1. The molecule has 1 N–H and O–H groups in total. The molecule has 1 aromatic carbocycles. The van der Waals surface area contributed by atoms with Crippen molar-refractivity contribution in [3.05, 3.63) is 22.6 Å². The molecule has 0 amide bonds. The molecule has 2 rings (SSSR count). The minimum atomic E-state index is -0.482. The number of nitrogens with one attached hydrogen (secondary N) is 1. The minimum Gasteiger partial charge on any atom is -0.490 e. The summed E-state index contributed by atoms with van der Waals surface area (Å²) in [7, 11) is 0. The summed E-state index contributed by atoms with van der Waals surface area (Å²) in [5.41, 5.74) is 0.571. The molecule has 0 radical (unpaired) electrons. The first kappa shape index (κ1) is 11.4. The maximum atomic E-state index is 11.1. The Morgan fingerprint density at radius 2 is 1.71 bits per heavy atom. The summed E-state index contributed by atoms with van der Waals surface area (Å²) in [5, 5.41) is 6.17. The second-order valence-corrected chi connectivity index (χ2v) is 3.29. The normalized spacial score (nSPS) is 10.5. The molecule has 0 bridgehead atoms. The Balaban J connectivity index is 2.58. The van der Waals surface area contributed by atoms with E-state index in [0.29, 0.717) is 35.7 Å². The number of nitrogens with zero attached hydrogens (tertiary/aromatic N) is 2. The van der Waals surface area contributed by atoms with E-state index in [0.717, 1.165) is 0 Å². The first-order valence-electron chi connectivity index (χ1n) is 5.40. The summed E-state index contributed by atoms with van der Waals surface area (Å²) in [6.45, 7) is 4.81. The Labute approximate surface area is 97.6 Å². The molecule has 0 aliphatic rings. The lowest BCUT2D eigenvalue weighted by Crippen LogP contribution is -2.11. The van der Waals surface area contributed by atoms with E-state index in [1.807, 2.05) is 13.8 Å². The predicted molar refractivity (Wildman–Crippen MR) is 62.5 cm³/mol. The van der Waals surface area contributed by atoms with Crippen LogP contribution >= 0.6 is 0 Å². The number of aromatic nitrogens is 3. The highest BCUT2D eigenvalue weighted by Crippen LogP contribution is 2.30. The van der Waals surface area contributed by atoms with Crippen molar-refractivity contribution >= 4 is 11.0 Å². The summed E-state index contributed by atoms with van der Waals surface area (Å²) >= 11 is 0. The van der Waals surface area contributed by atoms with E-state index in [4.69, 9.17) is 9.47 Å². The quantitative estimate of drug-likeness (QED) is 0.859. The van der Waals surface area contributed by atoms with Gasteiger partial charge in [-0.2, -0.15) is 10.1 Å². The summed E-state index contributed by atoms with van der Waals surface area (Å²) in [6.07, 6.45) is 0. The molecule has 1 heterocycles. The minimum absolute atomic E-state index is 0.482. The molecule has 0 fully saturated rings. The highest BCUT2D eigenvalue weighted by atomic mass is 16.5. The molecular weight excluding hydrogens is 222 g/mol. The highest BCUT2D eigenvalue weighted by molar-refractivity contribution is 5.78. The van der Waals surface area contributed by atoms with Gasteiger partial charge >= 0.3 is 5.69 Å². The standard InChI is InChI=1S/C11H13N3O3/c1-3-16-9-5-7-8(6-10(9)17-4-2)13-14-11(15)12-7/h5-6H,3-4H2,1-2H3,(H,12,14,15). The molecule has 1 aromatic heterocycles. The first-order valence-corrected chi connectivity index (χ1v) is 5.40. The van der Waals surface area contributed by atoms with Crippen LogP contribution in [0.4, 0.5) is 0 Å². The van der Waals surface area contributed by atoms with Gasteiger partial charge in [-0.25, -0.2) is 9.89 Å². The number of hydrogen-bond acceptors (Lipinski definition) is 5. The molecule has 90 valence electrons. The SMILES string of the molecule is CCOc1cc2n[nH]c(=O)nc2cc1OCC.